The molecule has 0 aromatic carbocycles. The van der Waals surface area contributed by atoms with Gasteiger partial charge in [0.15, 0.2) is 0 Å². The third kappa shape index (κ3) is 73.6. The average Bonchev–Trinajstić information content (AvgIpc) is 1.63. The molecule has 0 spiro atoms. The summed E-state index contributed by atoms with van der Waals surface area (Å²) >= 11 is -5.00. The van der Waals surface area contributed by atoms with Crippen LogP contribution < -0.4 is 0 Å². The van der Waals surface area contributed by atoms with E-state index in [-0.39, 0.29) is 48.9 Å². The van der Waals surface area contributed by atoms with Crippen LogP contribution in [0.25, 0.3) is 0 Å². The Kier molecular flexibility index (Phi) is 20.6. The molecule has 4 N–H and O–H groups in total. The zero-order chi connectivity index (χ0) is 8.62. The van der Waals surface area contributed by atoms with E-state index in [9.17, 15) is 0 Å². The van der Waals surface area contributed by atoms with Crippen molar-refractivity contribution < 1.29 is 37.6 Å². The Morgan fingerprint density at radius 3 is 1.18 bits per heavy atom. The predicted octanol–water partition coefficient (Wildman–Crippen LogP) is -2.10. The number of rotatable bonds is 2. The summed E-state index contributed by atoms with van der Waals surface area (Å²) < 4.78 is 34.3. The first-order valence-electron chi connectivity index (χ1n) is 2.89. The Balaban J connectivity index is -0.000000107. The zero-order valence-corrected chi connectivity index (χ0v) is 7.67. The molecule has 0 aliphatic carbocycles. The quantitative estimate of drug-likeness (QED) is 0.436. The van der Waals surface area contributed by atoms with Gasteiger partial charge in [-0.25, -0.2) is 0 Å². The van der Waals surface area contributed by atoms with Crippen molar-refractivity contribution in [1.29, 1.82) is 0 Å². The van der Waals surface area contributed by atoms with Crippen molar-refractivity contribution in [2.75, 3.05) is 13.2 Å². The summed E-state index contributed by atoms with van der Waals surface area (Å²) in [7, 11) is 0. The van der Waals surface area contributed by atoms with Gasteiger partial charge in [0, 0.05) is 13.2 Å². The van der Waals surface area contributed by atoms with Gasteiger partial charge in [-0.05, 0) is 13.8 Å². The van der Waals surface area contributed by atoms with Crippen LogP contribution in [0.4, 0.5) is 0 Å². The Bertz CT molecular complexity index is 58.0. The van der Waals surface area contributed by atoms with Crippen molar-refractivity contribution in [2.45, 2.75) is 13.8 Å². The first-order chi connectivity index (χ1) is 4.41. The Labute approximate surface area is 112 Å². The van der Waals surface area contributed by atoms with Gasteiger partial charge in [-0.1, -0.05) is 0 Å². The summed E-state index contributed by atoms with van der Waals surface area (Å²) in [6.45, 7) is 5.67. The number of hydrogen-bond donors (Lipinski definition) is 4. The summed E-state index contributed by atoms with van der Waals surface area (Å²) in [6.07, 6.45) is 0. The van der Waals surface area contributed by atoms with Crippen molar-refractivity contribution in [3.8, 4) is 0 Å². The molecule has 0 radical (unpaired) electrons. The Morgan fingerprint density at radius 2 is 1.18 bits per heavy atom. The first kappa shape index (κ1) is 18.8. The minimum absolute atomic E-state index is 0. The molecule has 0 amide bonds. The third-order valence-electron chi connectivity index (χ3n) is 0.408. The number of ether oxygens (including phenoxy) is 1. The molecule has 0 saturated carbocycles. The third-order valence-corrected chi connectivity index (χ3v) is 0.408. The molecule has 0 aliphatic rings. The molecular weight excluding hydrogens is 313 g/mol. The van der Waals surface area contributed by atoms with Gasteiger partial charge in [-0.15, -0.1) is 0 Å². The van der Waals surface area contributed by atoms with Crippen LogP contribution in [0.3, 0.4) is 0 Å². The molecule has 0 rings (SSSR count). The van der Waals surface area contributed by atoms with Crippen LogP contribution >= 0.6 is 0 Å². The second kappa shape index (κ2) is 12.1. The molecule has 0 aromatic rings. The summed E-state index contributed by atoms with van der Waals surface area (Å²) in [5.41, 5.74) is 0. The fourth-order valence-corrected chi connectivity index (χ4v) is 0.204. The molecule has 5 nitrogen and oxygen atoms in total. The molecule has 0 atom stereocenters. The summed E-state index contributed by atoms with van der Waals surface area (Å²) in [6, 6.07) is 0. The van der Waals surface area contributed by atoms with Gasteiger partial charge >= 0.3 is 81.8 Å². The number of hydrogen-bond acceptors (Lipinski definition) is 5. The maximum absolute atomic E-state index is 7.38. The predicted molar refractivity (Wildman–Crippen MR) is 39.6 cm³/mol. The Morgan fingerprint density at radius 1 is 1.00 bits per heavy atom. The minimum atomic E-state index is -5.00. The second-order valence-electron chi connectivity index (χ2n) is 1.38. The van der Waals surface area contributed by atoms with E-state index in [2.05, 4.69) is 0 Å². The van der Waals surface area contributed by atoms with Gasteiger partial charge in [0.25, 0.3) is 0 Å². The van der Waals surface area contributed by atoms with Crippen molar-refractivity contribution in [3.63, 3.8) is 0 Å². The van der Waals surface area contributed by atoms with E-state index in [1.165, 1.54) is 0 Å². The van der Waals surface area contributed by atoms with Crippen LogP contribution in [0.5, 0.6) is 0 Å². The fraction of sp³-hybridized carbons (Fsp3) is 1.00. The van der Waals surface area contributed by atoms with Crippen molar-refractivity contribution >= 4 is 48.9 Å². The SMILES string of the molecule is CCOCC.[BaH2].[OH][Ti]([OH])([OH])[OH]. The fourth-order valence-electron chi connectivity index (χ4n) is 0.204. The van der Waals surface area contributed by atoms with E-state index in [0.29, 0.717) is 0 Å². The molecule has 7 heteroatoms. The molecule has 0 unspecified atom stereocenters. The molecule has 0 bridgehead atoms. The monoisotopic (exact) mass is 330 g/mol. The maximum atomic E-state index is 7.38. The van der Waals surface area contributed by atoms with Gasteiger partial charge < -0.3 is 4.74 Å². The van der Waals surface area contributed by atoms with Crippen molar-refractivity contribution in [2.24, 2.45) is 0 Å². The van der Waals surface area contributed by atoms with Gasteiger partial charge in [0.2, 0.25) is 0 Å². The Hall–Kier alpha value is 2.09. The topological polar surface area (TPSA) is 90.2 Å². The van der Waals surface area contributed by atoms with Gasteiger partial charge in [-0.2, -0.15) is 0 Å². The van der Waals surface area contributed by atoms with Crippen molar-refractivity contribution in [1.82, 2.24) is 0 Å². The van der Waals surface area contributed by atoms with Crippen LogP contribution in [0.2, 0.25) is 0 Å². The normalized spacial score (nSPS) is 9.27. The van der Waals surface area contributed by atoms with Gasteiger partial charge in [0.1, 0.15) is 0 Å². The zero-order valence-electron chi connectivity index (χ0n) is 6.11. The summed E-state index contributed by atoms with van der Waals surface area (Å²) in [4.78, 5) is 0. The van der Waals surface area contributed by atoms with Crippen LogP contribution in [0, 0.1) is 0 Å². The molecule has 68 valence electrons. The molecular formula is C4H16BaO5Ti. The van der Waals surface area contributed by atoms with Crippen LogP contribution in [0.1, 0.15) is 13.8 Å². The van der Waals surface area contributed by atoms with E-state index in [1.807, 2.05) is 13.8 Å². The van der Waals surface area contributed by atoms with E-state index >= 15 is 0 Å². The molecule has 11 heavy (non-hydrogen) atoms. The molecule has 0 aromatic heterocycles. The van der Waals surface area contributed by atoms with Crippen LogP contribution in [-0.4, -0.2) is 76.8 Å². The van der Waals surface area contributed by atoms with E-state index in [0.717, 1.165) is 13.2 Å². The van der Waals surface area contributed by atoms with Gasteiger partial charge in [-0.3, -0.25) is 0 Å². The van der Waals surface area contributed by atoms with Crippen LogP contribution in [0.15, 0.2) is 0 Å². The summed E-state index contributed by atoms with van der Waals surface area (Å²) in [5.74, 6) is 0. The first-order valence-corrected chi connectivity index (χ1v) is 5.68. The second-order valence-corrected chi connectivity index (χ2v) is 3.26. The van der Waals surface area contributed by atoms with Crippen molar-refractivity contribution in [3.05, 3.63) is 0 Å². The van der Waals surface area contributed by atoms with E-state index in [1.54, 1.807) is 0 Å². The molecule has 0 fully saturated rings. The van der Waals surface area contributed by atoms with Gasteiger partial charge in [0.05, 0.1) is 0 Å². The standard InChI is InChI=1S/C4H10O.Ba.4H2O.Ti.2H/c1-3-5-4-2;;;;;;;;/h3-4H2,1-2H3;;4*1H2;;;/q;;;;;;+4;;/p-4. The van der Waals surface area contributed by atoms with Crippen LogP contribution in [-0.2, 0) is 22.9 Å². The molecule has 0 heterocycles. The molecule has 0 aliphatic heterocycles. The average molecular weight is 329 g/mol. The molecule has 0 saturated heterocycles. The van der Waals surface area contributed by atoms with E-state index in [4.69, 9.17) is 19.5 Å². The summed E-state index contributed by atoms with van der Waals surface area (Å²) in [5, 5.41) is 0. The van der Waals surface area contributed by atoms with E-state index < -0.39 is 18.1 Å².